The Morgan fingerprint density at radius 2 is 2.13 bits per heavy atom. The van der Waals surface area contributed by atoms with Crippen molar-refractivity contribution in [3.8, 4) is 0 Å². The zero-order valence-corrected chi connectivity index (χ0v) is 13.6. The molecule has 1 aliphatic rings. The molecule has 0 saturated carbocycles. The van der Waals surface area contributed by atoms with Crippen LogP contribution in [0.3, 0.4) is 0 Å². The predicted molar refractivity (Wildman–Crippen MR) is 87.1 cm³/mol. The monoisotopic (exact) mass is 315 g/mol. The maximum absolute atomic E-state index is 12.1. The highest BCUT2D eigenvalue weighted by molar-refractivity contribution is 5.88. The minimum absolute atomic E-state index is 0.0484. The van der Waals surface area contributed by atoms with Gasteiger partial charge in [-0.25, -0.2) is 4.79 Å². The van der Waals surface area contributed by atoms with Gasteiger partial charge in [0.2, 0.25) is 5.91 Å². The van der Waals surface area contributed by atoms with Crippen molar-refractivity contribution in [3.05, 3.63) is 35.6 Å². The summed E-state index contributed by atoms with van der Waals surface area (Å²) in [7, 11) is 1.74. The van der Waals surface area contributed by atoms with E-state index in [9.17, 15) is 9.59 Å². The lowest BCUT2D eigenvalue weighted by Crippen LogP contribution is -2.46. The van der Waals surface area contributed by atoms with E-state index >= 15 is 0 Å². The number of para-hydroxylation sites is 1. The fourth-order valence-electron chi connectivity index (χ4n) is 3.02. The standard InChI is InChI=1S/C17H21N3O3/c1-10-12-6-4-5-7-14(12)23-15(10)11(2)18-17(22)19-13-8-9-20(3)16(13)21/h4-7,11,13H,8-9H2,1-3H3,(H2,18,19,22)/t11-,13?/m0/s1. The average molecular weight is 315 g/mol. The second-order valence-electron chi connectivity index (χ2n) is 6.03. The van der Waals surface area contributed by atoms with Gasteiger partial charge in [0.15, 0.2) is 0 Å². The van der Waals surface area contributed by atoms with E-state index in [0.717, 1.165) is 22.3 Å². The first-order valence-corrected chi connectivity index (χ1v) is 7.77. The number of nitrogens with one attached hydrogen (secondary N) is 2. The van der Waals surface area contributed by atoms with Crippen molar-refractivity contribution in [2.24, 2.45) is 0 Å². The van der Waals surface area contributed by atoms with E-state index in [4.69, 9.17) is 4.42 Å². The fraction of sp³-hybridized carbons (Fsp3) is 0.412. The number of furan rings is 1. The van der Waals surface area contributed by atoms with Gasteiger partial charge in [-0.2, -0.15) is 0 Å². The molecule has 1 aromatic carbocycles. The fourth-order valence-corrected chi connectivity index (χ4v) is 3.02. The Kier molecular flexibility index (Phi) is 3.98. The van der Waals surface area contributed by atoms with Crippen LogP contribution in [0.25, 0.3) is 11.0 Å². The van der Waals surface area contributed by atoms with E-state index < -0.39 is 6.04 Å². The van der Waals surface area contributed by atoms with Gasteiger partial charge in [-0.1, -0.05) is 18.2 Å². The number of urea groups is 1. The number of likely N-dealkylation sites (N-methyl/N-ethyl adjacent to an activating group) is 1. The maximum atomic E-state index is 12.1. The van der Waals surface area contributed by atoms with Gasteiger partial charge in [0, 0.05) is 24.5 Å². The predicted octanol–water partition coefficient (Wildman–Crippen LogP) is 2.33. The van der Waals surface area contributed by atoms with Crippen LogP contribution in [0.5, 0.6) is 0 Å². The SMILES string of the molecule is Cc1c([C@H](C)NC(=O)NC2CCN(C)C2=O)oc2ccccc12. The molecule has 1 unspecified atom stereocenters. The molecule has 3 amide bonds. The lowest BCUT2D eigenvalue weighted by atomic mass is 10.1. The Morgan fingerprint density at radius 3 is 2.78 bits per heavy atom. The molecular formula is C17H21N3O3. The van der Waals surface area contributed by atoms with Crippen molar-refractivity contribution in [2.75, 3.05) is 13.6 Å². The maximum Gasteiger partial charge on any atom is 0.316 e. The van der Waals surface area contributed by atoms with Crippen LogP contribution in [-0.2, 0) is 4.79 Å². The number of amides is 3. The first-order chi connectivity index (χ1) is 11.0. The number of hydrogen-bond donors (Lipinski definition) is 2. The van der Waals surface area contributed by atoms with Crippen LogP contribution in [0.15, 0.2) is 28.7 Å². The van der Waals surface area contributed by atoms with Crippen molar-refractivity contribution in [1.29, 1.82) is 0 Å². The third kappa shape index (κ3) is 2.88. The molecule has 1 aliphatic heterocycles. The number of fused-ring (bicyclic) bond motifs is 1. The summed E-state index contributed by atoms with van der Waals surface area (Å²) >= 11 is 0. The van der Waals surface area contributed by atoms with E-state index in [1.165, 1.54) is 0 Å². The van der Waals surface area contributed by atoms with Gasteiger partial charge in [0.1, 0.15) is 17.4 Å². The molecule has 6 heteroatoms. The number of carbonyl (C=O) groups excluding carboxylic acids is 2. The molecule has 0 aliphatic carbocycles. The Balaban J connectivity index is 1.68. The number of carbonyl (C=O) groups is 2. The van der Waals surface area contributed by atoms with Crippen LogP contribution >= 0.6 is 0 Å². The third-order valence-electron chi connectivity index (χ3n) is 4.35. The van der Waals surface area contributed by atoms with Crippen molar-refractivity contribution >= 4 is 22.9 Å². The van der Waals surface area contributed by atoms with E-state index in [1.54, 1.807) is 11.9 Å². The molecule has 6 nitrogen and oxygen atoms in total. The van der Waals surface area contributed by atoms with Gasteiger partial charge in [0.05, 0.1) is 6.04 Å². The van der Waals surface area contributed by atoms with Crippen molar-refractivity contribution < 1.29 is 14.0 Å². The average Bonchev–Trinajstić information content (AvgIpc) is 3.02. The summed E-state index contributed by atoms with van der Waals surface area (Å²) in [6, 6.07) is 6.71. The Labute approximate surface area is 134 Å². The number of nitrogens with zero attached hydrogens (tertiary/aromatic N) is 1. The lowest BCUT2D eigenvalue weighted by molar-refractivity contribution is -0.128. The molecule has 122 valence electrons. The van der Waals surface area contributed by atoms with Crippen LogP contribution in [0.4, 0.5) is 4.79 Å². The van der Waals surface area contributed by atoms with Crippen LogP contribution in [-0.4, -0.2) is 36.5 Å². The highest BCUT2D eigenvalue weighted by atomic mass is 16.3. The van der Waals surface area contributed by atoms with Gasteiger partial charge in [-0.05, 0) is 26.3 Å². The molecule has 3 rings (SSSR count). The van der Waals surface area contributed by atoms with Gasteiger partial charge in [0.25, 0.3) is 0 Å². The van der Waals surface area contributed by atoms with Crippen LogP contribution < -0.4 is 10.6 Å². The molecule has 2 heterocycles. The molecule has 2 N–H and O–H groups in total. The Morgan fingerprint density at radius 1 is 1.39 bits per heavy atom. The minimum Gasteiger partial charge on any atom is -0.459 e. The summed E-state index contributed by atoms with van der Waals surface area (Å²) in [4.78, 5) is 25.6. The molecule has 1 fully saturated rings. The van der Waals surface area contributed by atoms with Crippen molar-refractivity contribution in [3.63, 3.8) is 0 Å². The summed E-state index contributed by atoms with van der Waals surface area (Å²) in [5.41, 5.74) is 1.83. The number of likely N-dealkylation sites (tertiary alicyclic amines) is 1. The number of aryl methyl sites for hydroxylation is 1. The smallest absolute Gasteiger partial charge is 0.316 e. The van der Waals surface area contributed by atoms with Crippen LogP contribution in [0.2, 0.25) is 0 Å². The summed E-state index contributed by atoms with van der Waals surface area (Å²) < 4.78 is 5.85. The Bertz CT molecular complexity index is 753. The van der Waals surface area contributed by atoms with E-state index in [1.807, 2.05) is 38.1 Å². The molecule has 2 aromatic rings. The summed E-state index contributed by atoms with van der Waals surface area (Å²) in [6.07, 6.45) is 0.640. The topological polar surface area (TPSA) is 74.6 Å². The highest BCUT2D eigenvalue weighted by Crippen LogP contribution is 2.29. The first-order valence-electron chi connectivity index (χ1n) is 7.77. The zero-order valence-electron chi connectivity index (χ0n) is 13.6. The van der Waals surface area contributed by atoms with Crippen LogP contribution in [0, 0.1) is 6.92 Å². The van der Waals surface area contributed by atoms with E-state index in [-0.39, 0.29) is 18.0 Å². The third-order valence-corrected chi connectivity index (χ3v) is 4.35. The highest BCUT2D eigenvalue weighted by Gasteiger charge is 2.30. The summed E-state index contributed by atoms with van der Waals surface area (Å²) in [5.74, 6) is 0.684. The summed E-state index contributed by atoms with van der Waals surface area (Å²) in [5, 5.41) is 6.62. The quantitative estimate of drug-likeness (QED) is 0.913. The largest absolute Gasteiger partial charge is 0.459 e. The van der Waals surface area contributed by atoms with Crippen LogP contribution in [0.1, 0.15) is 30.7 Å². The van der Waals surface area contributed by atoms with E-state index in [0.29, 0.717) is 13.0 Å². The van der Waals surface area contributed by atoms with Gasteiger partial charge in [-0.3, -0.25) is 4.79 Å². The molecule has 0 bridgehead atoms. The molecule has 0 radical (unpaired) electrons. The molecule has 1 saturated heterocycles. The number of hydrogen-bond acceptors (Lipinski definition) is 3. The zero-order chi connectivity index (χ0) is 16.6. The van der Waals surface area contributed by atoms with Crippen molar-refractivity contribution in [1.82, 2.24) is 15.5 Å². The first kappa shape index (κ1) is 15.4. The molecular weight excluding hydrogens is 294 g/mol. The summed E-state index contributed by atoms with van der Waals surface area (Å²) in [6.45, 7) is 4.52. The van der Waals surface area contributed by atoms with Crippen molar-refractivity contribution in [2.45, 2.75) is 32.4 Å². The molecule has 23 heavy (non-hydrogen) atoms. The van der Waals surface area contributed by atoms with Gasteiger partial charge in [-0.15, -0.1) is 0 Å². The Hall–Kier alpha value is -2.50. The molecule has 0 spiro atoms. The minimum atomic E-state index is -0.441. The lowest BCUT2D eigenvalue weighted by Gasteiger charge is -2.16. The van der Waals surface area contributed by atoms with Gasteiger partial charge < -0.3 is 20.0 Å². The number of benzene rings is 1. The van der Waals surface area contributed by atoms with E-state index in [2.05, 4.69) is 10.6 Å². The molecule has 2 atom stereocenters. The second kappa shape index (κ2) is 5.95. The normalized spacial score (nSPS) is 19.2. The number of rotatable bonds is 3. The van der Waals surface area contributed by atoms with Gasteiger partial charge >= 0.3 is 6.03 Å². The molecule has 1 aromatic heterocycles. The second-order valence-corrected chi connectivity index (χ2v) is 6.03.